The molecule has 28 heavy (non-hydrogen) atoms. The van der Waals surface area contributed by atoms with Crippen LogP contribution in [0.15, 0.2) is 0 Å². The number of carbonyl (C=O) groups is 4. The summed E-state index contributed by atoms with van der Waals surface area (Å²) in [7, 11) is 0. The Bertz CT molecular complexity index is 604. The molecule has 0 heterocycles. The lowest BCUT2D eigenvalue weighted by atomic mass is 10.0. The van der Waals surface area contributed by atoms with E-state index < -0.39 is 35.3 Å². The van der Waals surface area contributed by atoms with Gasteiger partial charge in [0.1, 0.15) is 17.6 Å². The Morgan fingerprint density at radius 2 is 1.61 bits per heavy atom. The molecule has 9 N–H and O–H groups in total. The Morgan fingerprint density at radius 3 is 2.04 bits per heavy atom. The normalized spacial score (nSPS) is 13.2. The number of nitrogens with one attached hydrogen (secondary N) is 5. The molecule has 0 aromatic rings. The number of rotatable bonds is 11. The zero-order valence-electron chi connectivity index (χ0n) is 17.1. The summed E-state index contributed by atoms with van der Waals surface area (Å²) in [6.07, 6.45) is 0.638. The van der Waals surface area contributed by atoms with Crippen LogP contribution in [0.4, 0.5) is 0 Å². The summed E-state index contributed by atoms with van der Waals surface area (Å²) in [5, 5.41) is 17.4. The van der Waals surface area contributed by atoms with E-state index in [0.29, 0.717) is 13.0 Å². The molecule has 0 aliphatic carbocycles. The minimum Gasteiger partial charge on any atom is -0.370 e. The Labute approximate surface area is 165 Å². The molecule has 4 amide bonds. The minimum absolute atomic E-state index is 0.200. The second-order valence-electron chi connectivity index (χ2n) is 7.44. The fraction of sp³-hybridized carbons (Fsp3) is 0.706. The van der Waals surface area contributed by atoms with Crippen LogP contribution >= 0.6 is 0 Å². The molecule has 11 heteroatoms. The maximum Gasteiger partial charge on any atom is 0.243 e. The fourth-order valence-electron chi connectivity index (χ4n) is 2.27. The maximum absolute atomic E-state index is 12.6. The van der Waals surface area contributed by atoms with Gasteiger partial charge in [0.2, 0.25) is 23.6 Å². The molecule has 2 atom stereocenters. The molecule has 11 nitrogen and oxygen atoms in total. The van der Waals surface area contributed by atoms with Crippen LogP contribution in [0.1, 0.15) is 47.5 Å². The molecule has 0 saturated heterocycles. The first-order valence-electron chi connectivity index (χ1n) is 9.05. The van der Waals surface area contributed by atoms with Crippen molar-refractivity contribution in [3.63, 3.8) is 0 Å². The number of amides is 4. The average Bonchev–Trinajstić information content (AvgIpc) is 2.53. The molecule has 0 aliphatic rings. The lowest BCUT2D eigenvalue weighted by Gasteiger charge is -2.28. The van der Waals surface area contributed by atoms with Gasteiger partial charge in [-0.1, -0.05) is 13.8 Å². The van der Waals surface area contributed by atoms with Crippen molar-refractivity contribution >= 4 is 29.6 Å². The first-order valence-corrected chi connectivity index (χ1v) is 9.05. The summed E-state index contributed by atoms with van der Waals surface area (Å²) in [5.41, 5.74) is 9.20. The topological polar surface area (TPSA) is 192 Å². The van der Waals surface area contributed by atoms with Crippen LogP contribution in [0.3, 0.4) is 0 Å². The second kappa shape index (κ2) is 11.1. The van der Waals surface area contributed by atoms with Crippen molar-refractivity contribution in [1.29, 1.82) is 5.41 Å². The summed E-state index contributed by atoms with van der Waals surface area (Å²) < 4.78 is 0. The Kier molecular flexibility index (Phi) is 9.97. The summed E-state index contributed by atoms with van der Waals surface area (Å²) >= 11 is 0. The van der Waals surface area contributed by atoms with Gasteiger partial charge in [0.25, 0.3) is 0 Å². The molecule has 0 fully saturated rings. The fourth-order valence-corrected chi connectivity index (χ4v) is 2.27. The van der Waals surface area contributed by atoms with Crippen LogP contribution in [-0.4, -0.2) is 53.8 Å². The lowest BCUT2D eigenvalue weighted by molar-refractivity contribution is -0.135. The zero-order chi connectivity index (χ0) is 22.1. The summed E-state index contributed by atoms with van der Waals surface area (Å²) in [5.74, 6) is -2.58. The third-order valence-electron chi connectivity index (χ3n) is 3.98. The van der Waals surface area contributed by atoms with E-state index in [1.54, 1.807) is 13.8 Å². The van der Waals surface area contributed by atoms with Crippen molar-refractivity contribution < 1.29 is 19.2 Å². The highest BCUT2D eigenvalue weighted by Crippen LogP contribution is 2.07. The van der Waals surface area contributed by atoms with Crippen molar-refractivity contribution in [3.05, 3.63) is 0 Å². The summed E-state index contributed by atoms with van der Waals surface area (Å²) in [4.78, 5) is 48.1. The first kappa shape index (κ1) is 25.1. The van der Waals surface area contributed by atoms with Crippen LogP contribution in [0.5, 0.6) is 0 Å². The molecule has 0 aromatic heterocycles. The lowest BCUT2D eigenvalue weighted by Crippen LogP contribution is -2.60. The van der Waals surface area contributed by atoms with Gasteiger partial charge in [-0.05, 0) is 32.6 Å². The molecular weight excluding hydrogens is 366 g/mol. The number of hydrogen-bond donors (Lipinski definition) is 7. The molecule has 0 rings (SSSR count). The van der Waals surface area contributed by atoms with Crippen LogP contribution < -0.4 is 32.7 Å². The van der Waals surface area contributed by atoms with Crippen molar-refractivity contribution in [1.82, 2.24) is 21.3 Å². The Balaban J connectivity index is 5.26. The van der Waals surface area contributed by atoms with Crippen molar-refractivity contribution in [3.8, 4) is 0 Å². The summed E-state index contributed by atoms with van der Waals surface area (Å²) in [6.45, 7) is 8.07. The highest BCUT2D eigenvalue weighted by Gasteiger charge is 2.32. The van der Waals surface area contributed by atoms with E-state index in [0.717, 1.165) is 0 Å². The number of hydrogen-bond acceptors (Lipinski definition) is 5. The molecule has 160 valence electrons. The number of guanidine groups is 1. The van der Waals surface area contributed by atoms with Crippen molar-refractivity contribution in [2.75, 3.05) is 6.54 Å². The van der Waals surface area contributed by atoms with Gasteiger partial charge < -0.3 is 32.7 Å². The summed E-state index contributed by atoms with van der Waals surface area (Å²) in [6, 6.07) is -1.78. The van der Waals surface area contributed by atoms with E-state index in [9.17, 15) is 19.2 Å². The molecule has 0 aromatic carbocycles. The predicted molar refractivity (Wildman–Crippen MR) is 105 cm³/mol. The molecule has 0 radical (unpaired) electrons. The van der Waals surface area contributed by atoms with Gasteiger partial charge in [-0.3, -0.25) is 24.6 Å². The van der Waals surface area contributed by atoms with Crippen molar-refractivity contribution in [2.45, 2.75) is 65.1 Å². The van der Waals surface area contributed by atoms with Crippen LogP contribution in [-0.2, 0) is 19.2 Å². The smallest absolute Gasteiger partial charge is 0.243 e. The van der Waals surface area contributed by atoms with Gasteiger partial charge in [-0.2, -0.15) is 0 Å². The Hall–Kier alpha value is -2.85. The van der Waals surface area contributed by atoms with E-state index in [-0.39, 0.29) is 24.2 Å². The average molecular weight is 399 g/mol. The molecule has 0 unspecified atom stereocenters. The van der Waals surface area contributed by atoms with Gasteiger partial charge >= 0.3 is 0 Å². The SMILES string of the molecule is CC(=O)N[C@H](C(=O)N[C@@H](CCCNC(=N)N)C(=O)NC(C)(C)C(N)=O)C(C)C. The first-order chi connectivity index (χ1) is 12.8. The quantitative estimate of drug-likeness (QED) is 0.123. The molecular formula is C17H33N7O4. The van der Waals surface area contributed by atoms with Gasteiger partial charge in [-0.15, -0.1) is 0 Å². The van der Waals surface area contributed by atoms with Crippen LogP contribution in [0.25, 0.3) is 0 Å². The number of primary amides is 1. The highest BCUT2D eigenvalue weighted by atomic mass is 16.2. The maximum atomic E-state index is 12.6. The van der Waals surface area contributed by atoms with E-state index >= 15 is 0 Å². The number of carbonyl (C=O) groups excluding carboxylic acids is 4. The number of nitrogens with two attached hydrogens (primary N) is 2. The van der Waals surface area contributed by atoms with Crippen LogP contribution in [0, 0.1) is 11.3 Å². The third-order valence-corrected chi connectivity index (χ3v) is 3.98. The molecule has 0 spiro atoms. The monoisotopic (exact) mass is 399 g/mol. The van der Waals surface area contributed by atoms with Crippen LogP contribution in [0.2, 0.25) is 0 Å². The molecule has 0 saturated carbocycles. The van der Waals surface area contributed by atoms with Gasteiger partial charge in [-0.25, -0.2) is 0 Å². The minimum atomic E-state index is -1.30. The van der Waals surface area contributed by atoms with E-state index in [4.69, 9.17) is 16.9 Å². The molecule has 0 aliphatic heterocycles. The van der Waals surface area contributed by atoms with Gasteiger partial charge in [0.15, 0.2) is 5.96 Å². The largest absolute Gasteiger partial charge is 0.370 e. The van der Waals surface area contributed by atoms with Crippen molar-refractivity contribution in [2.24, 2.45) is 17.4 Å². The van der Waals surface area contributed by atoms with E-state index in [2.05, 4.69) is 21.3 Å². The van der Waals surface area contributed by atoms with E-state index in [1.807, 2.05) is 0 Å². The second-order valence-corrected chi connectivity index (χ2v) is 7.44. The molecule has 0 bridgehead atoms. The van der Waals surface area contributed by atoms with Gasteiger partial charge in [0.05, 0.1) is 0 Å². The standard InChI is InChI=1S/C17H33N7O4/c1-9(2)12(22-10(3)25)14(27)23-11(7-6-8-21-16(19)20)13(26)24-17(4,5)15(18)28/h9,11-12H,6-8H2,1-5H3,(H2,18,28)(H,22,25)(H,23,27)(H,24,26)(H4,19,20,21)/t11-,12-/m0/s1. The Morgan fingerprint density at radius 1 is 1.04 bits per heavy atom. The van der Waals surface area contributed by atoms with Gasteiger partial charge in [0, 0.05) is 13.5 Å². The van der Waals surface area contributed by atoms with E-state index in [1.165, 1.54) is 20.8 Å². The zero-order valence-corrected chi connectivity index (χ0v) is 17.1. The highest BCUT2D eigenvalue weighted by molar-refractivity contribution is 5.95. The third kappa shape index (κ3) is 9.19. The predicted octanol–water partition coefficient (Wildman–Crippen LogP) is -1.72.